The molecule has 0 saturated heterocycles. The van der Waals surface area contributed by atoms with Gasteiger partial charge in [-0.25, -0.2) is 4.98 Å². The Kier molecular flexibility index (Phi) is 4.25. The lowest BCUT2D eigenvalue weighted by molar-refractivity contribution is 0.181. The molecule has 0 radical (unpaired) electrons. The Morgan fingerprint density at radius 3 is 2.91 bits per heavy atom. The van der Waals surface area contributed by atoms with Gasteiger partial charge in [-0.05, 0) is 37.5 Å². The molecule has 0 aliphatic rings. The summed E-state index contributed by atoms with van der Waals surface area (Å²) in [6, 6.07) is 8.46. The van der Waals surface area contributed by atoms with E-state index in [0.29, 0.717) is 12.4 Å². The smallest absolute Gasteiger partial charge is 0.254 e. The van der Waals surface area contributed by atoms with Gasteiger partial charge in [0.05, 0.1) is 18.3 Å². The Morgan fingerprint density at radius 2 is 2.13 bits per heavy atom. The zero-order valence-corrected chi connectivity index (χ0v) is 13.9. The zero-order chi connectivity index (χ0) is 16.4. The van der Waals surface area contributed by atoms with Gasteiger partial charge in [0.2, 0.25) is 0 Å². The van der Waals surface area contributed by atoms with Crippen molar-refractivity contribution in [1.29, 1.82) is 0 Å². The normalized spacial score (nSPS) is 12.5. The molecule has 0 aliphatic carbocycles. The van der Waals surface area contributed by atoms with E-state index >= 15 is 0 Å². The fourth-order valence-corrected chi connectivity index (χ4v) is 2.73. The van der Waals surface area contributed by atoms with Gasteiger partial charge in [-0.15, -0.1) is 0 Å². The molecule has 3 rings (SSSR count). The lowest BCUT2D eigenvalue weighted by Crippen LogP contribution is -2.13. The summed E-state index contributed by atoms with van der Waals surface area (Å²) >= 11 is 0. The molecule has 0 bridgehead atoms. The lowest BCUT2D eigenvalue weighted by atomic mass is 9.98. The number of anilines is 1. The molecule has 0 amide bonds. The molecule has 120 valence electrons. The number of nitrogens with zero attached hydrogens (tertiary/aromatic N) is 4. The van der Waals surface area contributed by atoms with Gasteiger partial charge >= 0.3 is 0 Å². The van der Waals surface area contributed by atoms with E-state index < -0.39 is 0 Å². The molecular weight excluding hydrogens is 290 g/mol. The molecule has 2 aromatic heterocycles. The van der Waals surface area contributed by atoms with Gasteiger partial charge in [0.15, 0.2) is 0 Å². The van der Waals surface area contributed by atoms with Crippen molar-refractivity contribution >= 4 is 11.6 Å². The highest BCUT2D eigenvalue weighted by Gasteiger charge is 2.13. The first-order chi connectivity index (χ1) is 11.1. The molecule has 1 N–H and O–H groups in total. The Labute approximate surface area is 135 Å². The van der Waals surface area contributed by atoms with Crippen LogP contribution in [0.4, 0.5) is 5.82 Å². The predicted molar refractivity (Wildman–Crippen MR) is 89.4 cm³/mol. The quantitative estimate of drug-likeness (QED) is 0.784. The molecule has 6 nitrogen and oxygen atoms in total. The van der Waals surface area contributed by atoms with Gasteiger partial charge in [-0.1, -0.05) is 18.2 Å². The number of hydrogen-bond acceptors (Lipinski definition) is 5. The summed E-state index contributed by atoms with van der Waals surface area (Å²) in [5.41, 5.74) is 4.68. The number of benzene rings is 1. The van der Waals surface area contributed by atoms with E-state index in [1.54, 1.807) is 11.6 Å². The van der Waals surface area contributed by atoms with Crippen molar-refractivity contribution in [3.8, 4) is 0 Å². The number of rotatable bonds is 5. The highest BCUT2D eigenvalue weighted by atomic mass is 16.5. The molecule has 3 aromatic rings. The number of ether oxygens (including phenoxy) is 1. The van der Waals surface area contributed by atoms with Crippen LogP contribution in [0.25, 0.3) is 5.78 Å². The van der Waals surface area contributed by atoms with Gasteiger partial charge < -0.3 is 10.1 Å². The predicted octanol–water partition coefficient (Wildman–Crippen LogP) is 3.06. The molecule has 0 fully saturated rings. The van der Waals surface area contributed by atoms with Crippen molar-refractivity contribution in [1.82, 2.24) is 19.6 Å². The Morgan fingerprint density at radius 1 is 1.30 bits per heavy atom. The summed E-state index contributed by atoms with van der Waals surface area (Å²) < 4.78 is 6.89. The topological polar surface area (TPSA) is 64.3 Å². The SMILES string of the molecule is COCc1cc(NC(C)c2cccc(C)c2C)n2ncnc2n1. The third kappa shape index (κ3) is 3.03. The summed E-state index contributed by atoms with van der Waals surface area (Å²) in [6.07, 6.45) is 1.51. The van der Waals surface area contributed by atoms with Gasteiger partial charge in [-0.2, -0.15) is 14.6 Å². The summed E-state index contributed by atoms with van der Waals surface area (Å²) in [6.45, 7) is 6.86. The number of methoxy groups -OCH3 is 1. The first-order valence-corrected chi connectivity index (χ1v) is 7.61. The van der Waals surface area contributed by atoms with E-state index in [1.807, 2.05) is 6.07 Å². The van der Waals surface area contributed by atoms with Crippen molar-refractivity contribution in [2.24, 2.45) is 0 Å². The van der Waals surface area contributed by atoms with E-state index in [9.17, 15) is 0 Å². The minimum Gasteiger partial charge on any atom is -0.378 e. The Hall–Kier alpha value is -2.47. The van der Waals surface area contributed by atoms with Crippen LogP contribution in [0.2, 0.25) is 0 Å². The molecule has 2 heterocycles. The van der Waals surface area contributed by atoms with Gasteiger partial charge in [0.25, 0.3) is 5.78 Å². The molecule has 23 heavy (non-hydrogen) atoms. The summed E-state index contributed by atoms with van der Waals surface area (Å²) in [4.78, 5) is 8.60. The molecule has 1 aromatic carbocycles. The summed E-state index contributed by atoms with van der Waals surface area (Å²) in [5.74, 6) is 1.42. The molecule has 0 aliphatic heterocycles. The second kappa shape index (κ2) is 6.34. The molecule has 1 unspecified atom stereocenters. The van der Waals surface area contributed by atoms with E-state index in [4.69, 9.17) is 4.74 Å². The Balaban J connectivity index is 1.96. The van der Waals surface area contributed by atoms with Gasteiger partial charge in [0.1, 0.15) is 12.1 Å². The van der Waals surface area contributed by atoms with Crippen LogP contribution in [-0.2, 0) is 11.3 Å². The molecule has 1 atom stereocenters. The molecular formula is C17H21N5O. The van der Waals surface area contributed by atoms with Crippen LogP contribution in [0.5, 0.6) is 0 Å². The second-order valence-corrected chi connectivity index (χ2v) is 5.69. The minimum atomic E-state index is 0.139. The lowest BCUT2D eigenvalue weighted by Gasteiger charge is -2.19. The van der Waals surface area contributed by atoms with Crippen molar-refractivity contribution in [2.75, 3.05) is 12.4 Å². The third-order valence-corrected chi connectivity index (χ3v) is 4.07. The van der Waals surface area contributed by atoms with E-state index in [-0.39, 0.29) is 6.04 Å². The van der Waals surface area contributed by atoms with E-state index in [0.717, 1.165) is 11.5 Å². The second-order valence-electron chi connectivity index (χ2n) is 5.69. The third-order valence-electron chi connectivity index (χ3n) is 4.07. The average Bonchev–Trinajstić information content (AvgIpc) is 2.99. The van der Waals surface area contributed by atoms with E-state index in [1.165, 1.54) is 23.0 Å². The average molecular weight is 311 g/mol. The maximum atomic E-state index is 5.19. The standard InChI is InChI=1S/C17H21N5O/c1-11-6-5-7-15(12(11)2)13(3)20-16-8-14(9-23-4)21-17-18-10-19-22(16)17/h5-8,10,13,20H,9H2,1-4H3. The van der Waals surface area contributed by atoms with Crippen LogP contribution < -0.4 is 5.32 Å². The van der Waals surface area contributed by atoms with E-state index in [2.05, 4.69) is 59.4 Å². The largest absolute Gasteiger partial charge is 0.378 e. The zero-order valence-electron chi connectivity index (χ0n) is 13.9. The fraction of sp³-hybridized carbons (Fsp3) is 0.353. The van der Waals surface area contributed by atoms with Crippen LogP contribution in [-0.4, -0.2) is 26.7 Å². The van der Waals surface area contributed by atoms with Gasteiger partial charge in [0, 0.05) is 13.2 Å². The number of hydrogen-bond donors (Lipinski definition) is 1. The number of aromatic nitrogens is 4. The number of nitrogens with one attached hydrogen (secondary N) is 1. The molecule has 0 spiro atoms. The maximum absolute atomic E-state index is 5.19. The summed E-state index contributed by atoms with van der Waals surface area (Å²) in [5, 5.41) is 7.77. The maximum Gasteiger partial charge on any atom is 0.254 e. The first kappa shape index (κ1) is 15.4. The van der Waals surface area contributed by atoms with Crippen molar-refractivity contribution in [2.45, 2.75) is 33.4 Å². The van der Waals surface area contributed by atoms with Crippen molar-refractivity contribution in [3.05, 3.63) is 53.0 Å². The Bertz CT molecular complexity index is 827. The fourth-order valence-electron chi connectivity index (χ4n) is 2.73. The molecule has 0 saturated carbocycles. The van der Waals surface area contributed by atoms with Crippen molar-refractivity contribution in [3.63, 3.8) is 0 Å². The molecule has 6 heteroatoms. The van der Waals surface area contributed by atoms with Gasteiger partial charge in [-0.3, -0.25) is 0 Å². The van der Waals surface area contributed by atoms with Crippen LogP contribution in [0.15, 0.2) is 30.6 Å². The minimum absolute atomic E-state index is 0.139. The summed E-state index contributed by atoms with van der Waals surface area (Å²) in [7, 11) is 1.65. The van der Waals surface area contributed by atoms with Crippen molar-refractivity contribution < 1.29 is 4.74 Å². The first-order valence-electron chi connectivity index (χ1n) is 7.61. The monoisotopic (exact) mass is 311 g/mol. The van der Waals surface area contributed by atoms with Crippen LogP contribution >= 0.6 is 0 Å². The van der Waals surface area contributed by atoms with Crippen LogP contribution in [0.3, 0.4) is 0 Å². The van der Waals surface area contributed by atoms with Crippen LogP contribution in [0.1, 0.15) is 35.3 Å². The van der Waals surface area contributed by atoms with Crippen LogP contribution in [0, 0.1) is 13.8 Å². The highest BCUT2D eigenvalue weighted by Crippen LogP contribution is 2.24. The number of aryl methyl sites for hydroxylation is 1. The number of fused-ring (bicyclic) bond motifs is 1. The highest BCUT2D eigenvalue weighted by molar-refractivity contribution is 5.48.